The van der Waals surface area contributed by atoms with E-state index in [4.69, 9.17) is 0 Å². The molecular formula is C16H24N2. The van der Waals surface area contributed by atoms with E-state index in [0.717, 1.165) is 6.04 Å². The van der Waals surface area contributed by atoms with Crippen LogP contribution in [-0.2, 0) is 12.8 Å². The Labute approximate surface area is 110 Å². The Morgan fingerprint density at radius 3 is 2.44 bits per heavy atom. The predicted octanol–water partition coefficient (Wildman–Crippen LogP) is 2.23. The second kappa shape index (κ2) is 5.85. The van der Waals surface area contributed by atoms with Crippen LogP contribution in [0.3, 0.4) is 0 Å². The Bertz CT molecular complexity index is 353. The van der Waals surface area contributed by atoms with Crippen molar-refractivity contribution in [3.63, 3.8) is 0 Å². The van der Waals surface area contributed by atoms with Gasteiger partial charge in [0.2, 0.25) is 0 Å². The largest absolute Gasteiger partial charge is 0.315 e. The topological polar surface area (TPSA) is 15.3 Å². The van der Waals surface area contributed by atoms with E-state index in [1.165, 1.54) is 58.3 Å². The van der Waals surface area contributed by atoms with Crippen molar-refractivity contribution in [1.82, 2.24) is 10.2 Å². The van der Waals surface area contributed by atoms with Crippen LogP contribution in [0.2, 0.25) is 0 Å². The van der Waals surface area contributed by atoms with Crippen LogP contribution in [0.1, 0.15) is 30.4 Å². The lowest BCUT2D eigenvalue weighted by atomic mass is 10.0. The van der Waals surface area contributed by atoms with Gasteiger partial charge in [0.15, 0.2) is 0 Å². The van der Waals surface area contributed by atoms with Crippen molar-refractivity contribution >= 4 is 0 Å². The molecule has 0 bridgehead atoms. The van der Waals surface area contributed by atoms with Crippen LogP contribution in [0.25, 0.3) is 0 Å². The molecule has 0 aromatic heterocycles. The smallest absolute Gasteiger partial charge is 0.0220 e. The van der Waals surface area contributed by atoms with E-state index < -0.39 is 0 Å². The maximum absolute atomic E-state index is 3.59. The summed E-state index contributed by atoms with van der Waals surface area (Å²) in [5, 5.41) is 3.59. The molecule has 1 saturated heterocycles. The summed E-state index contributed by atoms with van der Waals surface area (Å²) in [6.07, 6.45) is 6.58. The molecule has 1 fully saturated rings. The highest BCUT2D eigenvalue weighted by molar-refractivity contribution is 5.28. The molecule has 18 heavy (non-hydrogen) atoms. The lowest BCUT2D eigenvalue weighted by molar-refractivity contribution is 0.196. The van der Waals surface area contributed by atoms with Gasteiger partial charge in [-0.3, -0.25) is 4.90 Å². The van der Waals surface area contributed by atoms with E-state index in [0.29, 0.717) is 0 Å². The van der Waals surface area contributed by atoms with Gasteiger partial charge in [-0.05, 0) is 43.4 Å². The fourth-order valence-electron chi connectivity index (χ4n) is 3.36. The molecule has 2 nitrogen and oxygen atoms in total. The van der Waals surface area contributed by atoms with E-state index in [1.54, 1.807) is 11.1 Å². The molecule has 1 N–H and O–H groups in total. The zero-order chi connectivity index (χ0) is 12.2. The van der Waals surface area contributed by atoms with Crippen molar-refractivity contribution in [3.05, 3.63) is 35.4 Å². The first-order chi connectivity index (χ1) is 8.93. The SMILES string of the molecule is c1ccc2c(c1)CCN(C1CCCCNC1)CC2. The molecule has 2 heterocycles. The van der Waals surface area contributed by atoms with Crippen LogP contribution in [-0.4, -0.2) is 37.1 Å². The Balaban J connectivity index is 1.66. The average Bonchev–Trinajstić information content (AvgIpc) is 2.79. The highest BCUT2D eigenvalue weighted by Gasteiger charge is 2.22. The summed E-state index contributed by atoms with van der Waals surface area (Å²) in [5.74, 6) is 0. The first kappa shape index (κ1) is 12.2. The quantitative estimate of drug-likeness (QED) is 0.815. The molecule has 1 atom stereocenters. The minimum atomic E-state index is 0.766. The van der Waals surface area contributed by atoms with Gasteiger partial charge in [0, 0.05) is 25.7 Å². The highest BCUT2D eigenvalue weighted by atomic mass is 15.2. The molecule has 2 aliphatic rings. The van der Waals surface area contributed by atoms with E-state index in [2.05, 4.69) is 34.5 Å². The standard InChI is InChI=1S/C16H24N2/c1-2-6-15-9-12-18(11-8-14(15)5-1)16-7-3-4-10-17-13-16/h1-2,5-6,16-17H,3-4,7-13H2. The zero-order valence-corrected chi connectivity index (χ0v) is 11.2. The van der Waals surface area contributed by atoms with E-state index in [9.17, 15) is 0 Å². The number of benzene rings is 1. The Morgan fingerprint density at radius 1 is 1.00 bits per heavy atom. The number of hydrogen-bond acceptors (Lipinski definition) is 2. The summed E-state index contributed by atoms with van der Waals surface area (Å²) in [6.45, 7) is 4.88. The normalized spacial score (nSPS) is 26.1. The second-order valence-corrected chi connectivity index (χ2v) is 5.66. The van der Waals surface area contributed by atoms with Gasteiger partial charge in [0.25, 0.3) is 0 Å². The summed E-state index contributed by atoms with van der Waals surface area (Å²) < 4.78 is 0. The van der Waals surface area contributed by atoms with Gasteiger partial charge >= 0.3 is 0 Å². The summed E-state index contributed by atoms with van der Waals surface area (Å²) in [6, 6.07) is 9.75. The fraction of sp³-hybridized carbons (Fsp3) is 0.625. The van der Waals surface area contributed by atoms with E-state index in [-0.39, 0.29) is 0 Å². The molecule has 0 saturated carbocycles. The average molecular weight is 244 g/mol. The second-order valence-electron chi connectivity index (χ2n) is 5.66. The number of rotatable bonds is 1. The van der Waals surface area contributed by atoms with Gasteiger partial charge in [0.05, 0.1) is 0 Å². The van der Waals surface area contributed by atoms with Crippen LogP contribution in [0.5, 0.6) is 0 Å². The molecule has 1 aromatic rings. The number of fused-ring (bicyclic) bond motifs is 1. The van der Waals surface area contributed by atoms with Crippen LogP contribution >= 0.6 is 0 Å². The fourth-order valence-corrected chi connectivity index (χ4v) is 3.36. The predicted molar refractivity (Wildman–Crippen MR) is 75.9 cm³/mol. The summed E-state index contributed by atoms with van der Waals surface area (Å²) >= 11 is 0. The van der Waals surface area contributed by atoms with Crippen LogP contribution < -0.4 is 5.32 Å². The number of nitrogens with zero attached hydrogens (tertiary/aromatic N) is 1. The molecule has 0 amide bonds. The Morgan fingerprint density at radius 2 is 1.72 bits per heavy atom. The molecule has 0 aliphatic carbocycles. The maximum Gasteiger partial charge on any atom is 0.0220 e. The molecule has 0 spiro atoms. The monoisotopic (exact) mass is 244 g/mol. The lowest BCUT2D eigenvalue weighted by Crippen LogP contribution is -2.42. The van der Waals surface area contributed by atoms with Gasteiger partial charge < -0.3 is 5.32 Å². The Hall–Kier alpha value is -0.860. The summed E-state index contributed by atoms with van der Waals surface area (Å²) in [4.78, 5) is 2.72. The molecule has 2 aliphatic heterocycles. The van der Waals surface area contributed by atoms with Crippen LogP contribution in [0.15, 0.2) is 24.3 Å². The van der Waals surface area contributed by atoms with Gasteiger partial charge in [-0.1, -0.05) is 30.7 Å². The Kier molecular flexibility index (Phi) is 3.96. The third-order valence-electron chi connectivity index (χ3n) is 4.49. The summed E-state index contributed by atoms with van der Waals surface area (Å²) in [5.41, 5.74) is 3.14. The zero-order valence-electron chi connectivity index (χ0n) is 11.2. The van der Waals surface area contributed by atoms with Crippen molar-refractivity contribution < 1.29 is 0 Å². The molecular weight excluding hydrogens is 220 g/mol. The van der Waals surface area contributed by atoms with Crippen LogP contribution in [0.4, 0.5) is 0 Å². The minimum Gasteiger partial charge on any atom is -0.315 e. The minimum absolute atomic E-state index is 0.766. The maximum atomic E-state index is 3.59. The van der Waals surface area contributed by atoms with Gasteiger partial charge in [-0.15, -0.1) is 0 Å². The molecule has 1 aromatic carbocycles. The molecule has 98 valence electrons. The van der Waals surface area contributed by atoms with Crippen molar-refractivity contribution in [2.24, 2.45) is 0 Å². The van der Waals surface area contributed by atoms with Gasteiger partial charge in [-0.2, -0.15) is 0 Å². The number of hydrogen-bond donors (Lipinski definition) is 1. The third-order valence-corrected chi connectivity index (χ3v) is 4.49. The van der Waals surface area contributed by atoms with E-state index >= 15 is 0 Å². The van der Waals surface area contributed by atoms with Crippen molar-refractivity contribution in [2.45, 2.75) is 38.1 Å². The first-order valence-corrected chi connectivity index (χ1v) is 7.45. The number of nitrogens with one attached hydrogen (secondary N) is 1. The molecule has 0 radical (unpaired) electrons. The van der Waals surface area contributed by atoms with Crippen molar-refractivity contribution in [1.29, 1.82) is 0 Å². The molecule has 3 rings (SSSR count). The lowest BCUT2D eigenvalue weighted by Gasteiger charge is -2.29. The van der Waals surface area contributed by atoms with Crippen molar-refractivity contribution in [2.75, 3.05) is 26.2 Å². The van der Waals surface area contributed by atoms with Crippen molar-refractivity contribution in [3.8, 4) is 0 Å². The molecule has 1 unspecified atom stereocenters. The highest BCUT2D eigenvalue weighted by Crippen LogP contribution is 2.19. The summed E-state index contributed by atoms with van der Waals surface area (Å²) in [7, 11) is 0. The van der Waals surface area contributed by atoms with Crippen LogP contribution in [0, 0.1) is 0 Å². The van der Waals surface area contributed by atoms with Gasteiger partial charge in [0.1, 0.15) is 0 Å². The molecule has 2 heteroatoms. The van der Waals surface area contributed by atoms with Gasteiger partial charge in [-0.25, -0.2) is 0 Å². The first-order valence-electron chi connectivity index (χ1n) is 7.45. The third kappa shape index (κ3) is 2.76. The van der Waals surface area contributed by atoms with E-state index in [1.807, 2.05) is 0 Å².